The second-order valence-electron chi connectivity index (χ2n) is 11.1. The average Bonchev–Trinajstić information content (AvgIpc) is 3.05. The number of aryl methyl sites for hydroxylation is 1. The van der Waals surface area contributed by atoms with Gasteiger partial charge in [-0.3, -0.25) is 14.4 Å². The molecule has 0 aliphatic carbocycles. The Hall–Kier alpha value is -3.76. The Morgan fingerprint density at radius 3 is 2.19 bits per heavy atom. The van der Waals surface area contributed by atoms with Gasteiger partial charge in [0.25, 0.3) is 0 Å². The number of thioether (sulfide) groups is 2. The maximum Gasteiger partial charge on any atom is 0.305 e. The van der Waals surface area contributed by atoms with Gasteiger partial charge in [-0.15, -0.1) is 23.5 Å². The number of phenolic OH excluding ortho intramolecular Hbond substituents is 1. The number of ether oxygens (including phenoxy) is 2. The number of aromatic hydroxyl groups is 1. The first-order valence-electron chi connectivity index (χ1n) is 15.7. The van der Waals surface area contributed by atoms with Crippen molar-refractivity contribution in [3.63, 3.8) is 0 Å². The molecule has 0 spiro atoms. The fourth-order valence-corrected chi connectivity index (χ4v) is 6.46. The maximum atomic E-state index is 11.8. The van der Waals surface area contributed by atoms with Gasteiger partial charge in [0.1, 0.15) is 17.8 Å². The summed E-state index contributed by atoms with van der Waals surface area (Å²) in [6.45, 7) is 7.67. The molecule has 2 N–H and O–H groups in total. The van der Waals surface area contributed by atoms with Crippen LogP contribution in [0.5, 0.6) is 11.5 Å². The summed E-state index contributed by atoms with van der Waals surface area (Å²) in [7, 11) is 1.43. The summed E-state index contributed by atoms with van der Waals surface area (Å²) in [5.41, 5.74) is 3.46. The molecule has 0 saturated heterocycles. The van der Waals surface area contributed by atoms with Crippen LogP contribution in [0.25, 0.3) is 0 Å². The van der Waals surface area contributed by atoms with Crippen molar-refractivity contribution in [3.8, 4) is 11.5 Å². The third kappa shape index (κ3) is 14.3. The van der Waals surface area contributed by atoms with Crippen molar-refractivity contribution in [2.75, 3.05) is 19.5 Å². The van der Waals surface area contributed by atoms with Gasteiger partial charge >= 0.3 is 11.9 Å². The molecule has 0 radical (unpaired) electrons. The molecule has 8 nitrogen and oxygen atoms in total. The largest absolute Gasteiger partial charge is 0.507 e. The Bertz CT molecular complexity index is 1440. The van der Waals surface area contributed by atoms with E-state index in [9.17, 15) is 24.3 Å². The highest BCUT2D eigenvalue weighted by atomic mass is 32.2. The summed E-state index contributed by atoms with van der Waals surface area (Å²) in [5.74, 6) is -0.0335. The number of rotatable bonds is 18. The van der Waals surface area contributed by atoms with Gasteiger partial charge in [-0.1, -0.05) is 50.1 Å². The Balaban J connectivity index is 0.000000849. The van der Waals surface area contributed by atoms with E-state index in [1.807, 2.05) is 6.92 Å². The number of aldehydes is 1. The van der Waals surface area contributed by atoms with Crippen LogP contribution in [0, 0.1) is 12.8 Å². The van der Waals surface area contributed by atoms with Crippen molar-refractivity contribution in [3.05, 3.63) is 82.9 Å². The minimum atomic E-state index is -0.926. The lowest BCUT2D eigenvalue weighted by atomic mass is 10.0. The van der Waals surface area contributed by atoms with E-state index in [1.165, 1.54) is 35.0 Å². The highest BCUT2D eigenvalue weighted by Crippen LogP contribution is 2.39. The van der Waals surface area contributed by atoms with Gasteiger partial charge in [0.05, 0.1) is 25.7 Å². The summed E-state index contributed by atoms with van der Waals surface area (Å²) in [6.07, 6.45) is 4.01. The molecule has 0 heterocycles. The van der Waals surface area contributed by atoms with E-state index in [0.29, 0.717) is 49.0 Å². The fraction of sp³-hybridized carbons (Fsp3) is 0.405. The van der Waals surface area contributed by atoms with Crippen molar-refractivity contribution < 1.29 is 38.9 Å². The van der Waals surface area contributed by atoms with Crippen LogP contribution in [0.2, 0.25) is 0 Å². The molecule has 0 aliphatic heterocycles. The number of hydrogen-bond donors (Lipinski definition) is 2. The smallest absolute Gasteiger partial charge is 0.305 e. The number of carboxylic acids is 1. The Morgan fingerprint density at radius 1 is 0.979 bits per heavy atom. The van der Waals surface area contributed by atoms with Crippen LogP contribution in [0.4, 0.5) is 0 Å². The van der Waals surface area contributed by atoms with E-state index in [0.717, 1.165) is 18.6 Å². The average molecular weight is 683 g/mol. The van der Waals surface area contributed by atoms with Crippen LogP contribution in [-0.4, -0.2) is 53.7 Å². The molecular formula is C37H46O8S2. The molecule has 0 aliphatic rings. The molecule has 10 heteroatoms. The molecule has 0 fully saturated rings. The van der Waals surface area contributed by atoms with Gasteiger partial charge in [0, 0.05) is 38.7 Å². The molecular weight excluding hydrogens is 637 g/mol. The Labute approximate surface area is 286 Å². The van der Waals surface area contributed by atoms with Crippen molar-refractivity contribution in [2.24, 2.45) is 5.92 Å². The molecule has 0 aromatic heterocycles. The summed E-state index contributed by atoms with van der Waals surface area (Å²) in [4.78, 5) is 45.5. The van der Waals surface area contributed by atoms with Crippen LogP contribution in [0.1, 0.15) is 85.2 Å². The predicted molar refractivity (Wildman–Crippen MR) is 188 cm³/mol. The molecule has 0 saturated carbocycles. The molecule has 47 heavy (non-hydrogen) atoms. The number of carbonyl (C=O) groups excluding carboxylic acids is 3. The first kappa shape index (κ1) is 39.4. The number of carbonyl (C=O) groups is 4. The number of benzene rings is 3. The van der Waals surface area contributed by atoms with Gasteiger partial charge in [0.15, 0.2) is 5.78 Å². The van der Waals surface area contributed by atoms with Crippen molar-refractivity contribution in [1.82, 2.24) is 0 Å². The van der Waals surface area contributed by atoms with Crippen molar-refractivity contribution in [1.29, 1.82) is 0 Å². The van der Waals surface area contributed by atoms with E-state index in [2.05, 4.69) is 55.5 Å². The summed E-state index contributed by atoms with van der Waals surface area (Å²) in [5, 5.41) is 18.7. The highest BCUT2D eigenvalue weighted by molar-refractivity contribution is 7.99. The van der Waals surface area contributed by atoms with Crippen molar-refractivity contribution >= 4 is 47.5 Å². The zero-order chi connectivity index (χ0) is 34.8. The standard InChI is InChI=1S/C32H38O5S2.C5H8O3/c1-5-7-28-29(17-16-27(23(3)33)32(28)35)37-20-6-21-38-25-14-10-24(11-15-25)30(18-19-31(34)36-4)39-26-12-8-22(2)9-13-26;1-4(3-6)2-5(7)8/h8-17,30,35H,5-7,18-21H2,1-4H3;3-4H,2H2,1H3,(H,7,8). The fourth-order valence-electron chi connectivity index (χ4n) is 4.49. The van der Waals surface area contributed by atoms with E-state index in [4.69, 9.17) is 14.6 Å². The molecule has 2 unspecified atom stereocenters. The number of Topliss-reactive ketones (excluding diaryl/α,β-unsaturated/α-hetero) is 1. The number of phenols is 1. The van der Waals surface area contributed by atoms with E-state index in [1.54, 1.807) is 42.6 Å². The normalized spacial score (nSPS) is 11.9. The number of aliphatic carboxylic acids is 1. The lowest BCUT2D eigenvalue weighted by Gasteiger charge is -2.17. The molecule has 3 aromatic carbocycles. The third-order valence-electron chi connectivity index (χ3n) is 7.05. The lowest BCUT2D eigenvalue weighted by Crippen LogP contribution is -2.04. The highest BCUT2D eigenvalue weighted by Gasteiger charge is 2.17. The minimum Gasteiger partial charge on any atom is -0.507 e. The van der Waals surface area contributed by atoms with E-state index in [-0.39, 0.29) is 35.1 Å². The van der Waals surface area contributed by atoms with Crippen LogP contribution in [0.3, 0.4) is 0 Å². The topological polar surface area (TPSA) is 127 Å². The second kappa shape index (κ2) is 21.2. The molecule has 0 bridgehead atoms. The Morgan fingerprint density at radius 2 is 1.64 bits per heavy atom. The van der Waals surface area contributed by atoms with E-state index >= 15 is 0 Å². The summed E-state index contributed by atoms with van der Waals surface area (Å²) in [6, 6.07) is 20.5. The van der Waals surface area contributed by atoms with Crippen LogP contribution in [-0.2, 0) is 25.5 Å². The molecule has 2 atom stereocenters. The number of ketones is 1. The van der Waals surface area contributed by atoms with Gasteiger partial charge in [0.2, 0.25) is 0 Å². The van der Waals surface area contributed by atoms with Crippen molar-refractivity contribution in [2.45, 2.75) is 81.3 Å². The quantitative estimate of drug-likeness (QED) is 0.0443. The van der Waals surface area contributed by atoms with Gasteiger partial charge in [-0.25, -0.2) is 0 Å². The van der Waals surface area contributed by atoms with Gasteiger partial charge < -0.3 is 24.5 Å². The lowest BCUT2D eigenvalue weighted by molar-refractivity contribution is -0.141. The molecule has 3 aromatic rings. The van der Waals surface area contributed by atoms with Gasteiger partial charge in [-0.05, 0) is 75.1 Å². The monoisotopic (exact) mass is 682 g/mol. The first-order valence-corrected chi connectivity index (χ1v) is 17.5. The SMILES string of the molecule is CC(C=O)CC(=O)O.CCCc1c(OCCCSc2ccc(C(CCC(=O)OC)Sc3ccc(C)cc3)cc2)ccc(C(C)=O)c1O. The predicted octanol–water partition coefficient (Wildman–Crippen LogP) is 8.50. The number of esters is 1. The van der Waals surface area contributed by atoms with Crippen LogP contribution < -0.4 is 4.74 Å². The zero-order valence-electron chi connectivity index (χ0n) is 27.8. The zero-order valence-corrected chi connectivity index (χ0v) is 29.5. The second-order valence-corrected chi connectivity index (χ2v) is 13.6. The maximum absolute atomic E-state index is 11.8. The molecule has 0 amide bonds. The molecule has 254 valence electrons. The number of methoxy groups -OCH3 is 1. The van der Waals surface area contributed by atoms with Crippen LogP contribution in [0.15, 0.2) is 70.5 Å². The third-order valence-corrected chi connectivity index (χ3v) is 9.49. The van der Waals surface area contributed by atoms with Gasteiger partial charge in [-0.2, -0.15) is 0 Å². The van der Waals surface area contributed by atoms with Crippen LogP contribution >= 0.6 is 23.5 Å². The number of carboxylic acid groups (broad SMARTS) is 1. The molecule has 3 rings (SSSR count). The number of hydrogen-bond acceptors (Lipinski definition) is 9. The minimum absolute atomic E-state index is 0.0433. The first-order chi connectivity index (χ1) is 22.5. The summed E-state index contributed by atoms with van der Waals surface area (Å²) < 4.78 is 10.9. The Kier molecular flexibility index (Phi) is 17.8. The van der Waals surface area contributed by atoms with E-state index < -0.39 is 5.97 Å². The summed E-state index contributed by atoms with van der Waals surface area (Å²) >= 11 is 3.54.